The fraction of sp³-hybridized carbons (Fsp3) is 0.276. The predicted octanol–water partition coefficient (Wildman–Crippen LogP) is 2.94. The van der Waals surface area contributed by atoms with Crippen LogP contribution < -0.4 is 15.8 Å². The van der Waals surface area contributed by atoms with E-state index in [0.29, 0.717) is 54.6 Å². The number of aromatic nitrogens is 3. The Morgan fingerprint density at radius 1 is 0.842 bits per heavy atom. The zero-order chi connectivity index (χ0) is 26.2. The quantitative estimate of drug-likeness (QED) is 0.445. The summed E-state index contributed by atoms with van der Waals surface area (Å²) in [6, 6.07) is 19.8. The van der Waals surface area contributed by atoms with Crippen LogP contribution in [0.25, 0.3) is 16.7 Å². The monoisotopic (exact) mass is 508 g/mol. The Kier molecular flexibility index (Phi) is 6.11. The number of aryl methyl sites for hydroxylation is 1. The van der Waals surface area contributed by atoms with Crippen molar-refractivity contribution in [2.45, 2.75) is 25.8 Å². The van der Waals surface area contributed by atoms with Crippen molar-refractivity contribution in [3.05, 3.63) is 93.9 Å². The number of carbonyl (C=O) groups is 2. The zero-order valence-corrected chi connectivity index (χ0v) is 21.1. The number of fused-ring (bicyclic) bond motifs is 1. The molecular formula is C29H28N6O3. The summed E-state index contributed by atoms with van der Waals surface area (Å²) in [5, 5.41) is 3.76. The van der Waals surface area contributed by atoms with Gasteiger partial charge in [-0.05, 0) is 62.2 Å². The second kappa shape index (κ2) is 9.74. The molecule has 2 amide bonds. The van der Waals surface area contributed by atoms with Gasteiger partial charge in [-0.15, -0.1) is 0 Å². The molecule has 0 atom stereocenters. The average Bonchev–Trinajstić information content (AvgIpc) is 3.77. The molecule has 0 spiro atoms. The molecule has 1 saturated carbocycles. The highest BCUT2D eigenvalue weighted by Gasteiger charge is 2.25. The molecule has 6 rings (SSSR count). The molecular weight excluding hydrogens is 480 g/mol. The first kappa shape index (κ1) is 23.8. The van der Waals surface area contributed by atoms with E-state index in [-0.39, 0.29) is 23.4 Å². The van der Waals surface area contributed by atoms with Crippen molar-refractivity contribution in [1.29, 1.82) is 0 Å². The summed E-state index contributed by atoms with van der Waals surface area (Å²) in [7, 11) is 0. The van der Waals surface area contributed by atoms with Crippen LogP contribution in [-0.4, -0.2) is 63.5 Å². The van der Waals surface area contributed by atoms with E-state index in [1.54, 1.807) is 34.9 Å². The van der Waals surface area contributed by atoms with E-state index < -0.39 is 0 Å². The highest BCUT2D eigenvalue weighted by molar-refractivity contribution is 5.95. The molecule has 1 saturated heterocycles. The van der Waals surface area contributed by atoms with E-state index in [0.717, 1.165) is 23.9 Å². The minimum absolute atomic E-state index is 0.0176. The molecule has 2 aromatic heterocycles. The van der Waals surface area contributed by atoms with Crippen molar-refractivity contribution >= 4 is 28.8 Å². The Morgan fingerprint density at radius 2 is 1.55 bits per heavy atom. The van der Waals surface area contributed by atoms with Gasteiger partial charge in [-0.1, -0.05) is 18.2 Å². The van der Waals surface area contributed by atoms with E-state index in [2.05, 4.69) is 5.32 Å². The predicted molar refractivity (Wildman–Crippen MR) is 145 cm³/mol. The highest BCUT2D eigenvalue weighted by atomic mass is 16.2. The van der Waals surface area contributed by atoms with Crippen molar-refractivity contribution < 1.29 is 9.59 Å². The lowest BCUT2D eigenvalue weighted by Crippen LogP contribution is -2.49. The number of pyridine rings is 1. The molecule has 38 heavy (non-hydrogen) atoms. The molecule has 9 nitrogen and oxygen atoms in total. The molecule has 1 aliphatic heterocycles. The molecule has 2 aliphatic rings. The van der Waals surface area contributed by atoms with Gasteiger partial charge in [0.2, 0.25) is 5.95 Å². The van der Waals surface area contributed by atoms with Crippen molar-refractivity contribution in [3.8, 4) is 5.69 Å². The molecule has 0 bridgehead atoms. The molecule has 9 heteroatoms. The zero-order valence-electron chi connectivity index (χ0n) is 21.1. The fourth-order valence-electron chi connectivity index (χ4n) is 4.77. The summed E-state index contributed by atoms with van der Waals surface area (Å²) in [6.45, 7) is 4.19. The van der Waals surface area contributed by atoms with E-state index in [9.17, 15) is 14.4 Å². The summed E-state index contributed by atoms with van der Waals surface area (Å²) in [6.07, 6.45) is 2.05. The lowest BCUT2D eigenvalue weighted by molar-refractivity contribution is 0.0746. The van der Waals surface area contributed by atoms with E-state index in [4.69, 9.17) is 9.97 Å². The van der Waals surface area contributed by atoms with Gasteiger partial charge in [0.25, 0.3) is 17.4 Å². The van der Waals surface area contributed by atoms with E-state index in [1.807, 2.05) is 47.1 Å². The average molecular weight is 509 g/mol. The standard InChI is InChI=1S/C29H28N6O3/c1-19-24-13-14-25(36)35(23-11-7-20(8-12-23)27(37)31-22-9-10-22)26(24)32-29(30-19)34-17-15-33(16-18-34)28(38)21-5-3-2-4-6-21/h2-8,11-14,22H,9-10,15-18H2,1H3,(H,31,37). The largest absolute Gasteiger partial charge is 0.349 e. The number of nitrogens with zero attached hydrogens (tertiary/aromatic N) is 5. The first-order valence-electron chi connectivity index (χ1n) is 12.9. The molecule has 0 radical (unpaired) electrons. The summed E-state index contributed by atoms with van der Waals surface area (Å²) in [5.74, 6) is 0.445. The summed E-state index contributed by atoms with van der Waals surface area (Å²) >= 11 is 0. The van der Waals surface area contributed by atoms with Gasteiger partial charge >= 0.3 is 0 Å². The molecule has 2 aromatic carbocycles. The number of hydrogen-bond donors (Lipinski definition) is 1. The van der Waals surface area contributed by atoms with Crippen LogP contribution in [0.15, 0.2) is 71.5 Å². The van der Waals surface area contributed by atoms with Crippen LogP contribution >= 0.6 is 0 Å². The van der Waals surface area contributed by atoms with Crippen LogP contribution in [-0.2, 0) is 0 Å². The molecule has 4 aromatic rings. The molecule has 3 heterocycles. The van der Waals surface area contributed by atoms with Crippen molar-refractivity contribution in [1.82, 2.24) is 24.8 Å². The second-order valence-corrected chi connectivity index (χ2v) is 9.79. The van der Waals surface area contributed by atoms with Crippen LogP contribution in [0.1, 0.15) is 39.3 Å². The highest BCUT2D eigenvalue weighted by Crippen LogP contribution is 2.23. The topological polar surface area (TPSA) is 100 Å². The van der Waals surface area contributed by atoms with Crippen LogP contribution in [0.3, 0.4) is 0 Å². The number of carbonyl (C=O) groups excluding carboxylic acids is 2. The van der Waals surface area contributed by atoms with E-state index in [1.165, 1.54) is 6.07 Å². The number of hydrogen-bond acceptors (Lipinski definition) is 6. The third-order valence-electron chi connectivity index (χ3n) is 7.10. The Bertz CT molecular complexity index is 1570. The molecule has 1 N–H and O–H groups in total. The third kappa shape index (κ3) is 4.63. The Hall–Kier alpha value is -4.53. The number of nitrogens with one attached hydrogen (secondary N) is 1. The van der Waals surface area contributed by atoms with Gasteiger partial charge in [0.15, 0.2) is 5.65 Å². The van der Waals surface area contributed by atoms with Crippen molar-refractivity contribution in [2.75, 3.05) is 31.1 Å². The van der Waals surface area contributed by atoms with Gasteiger partial charge in [-0.2, -0.15) is 4.98 Å². The van der Waals surface area contributed by atoms with Crippen LogP contribution in [0, 0.1) is 6.92 Å². The van der Waals surface area contributed by atoms with Crippen LogP contribution in [0.4, 0.5) is 5.95 Å². The summed E-state index contributed by atoms with van der Waals surface area (Å²) in [4.78, 5) is 51.7. The maximum atomic E-state index is 13.0. The van der Waals surface area contributed by atoms with Gasteiger partial charge in [0.05, 0.1) is 11.4 Å². The smallest absolute Gasteiger partial charge is 0.256 e. The molecule has 2 fully saturated rings. The Morgan fingerprint density at radius 3 is 2.24 bits per heavy atom. The Labute approximate surface area is 219 Å². The van der Waals surface area contributed by atoms with Crippen molar-refractivity contribution in [3.63, 3.8) is 0 Å². The number of benzene rings is 2. The first-order valence-corrected chi connectivity index (χ1v) is 12.9. The maximum absolute atomic E-state index is 13.0. The SMILES string of the molecule is Cc1nc(N2CCN(C(=O)c3ccccc3)CC2)nc2c1ccc(=O)n2-c1ccc(C(=O)NC2CC2)cc1. The number of piperazine rings is 1. The minimum atomic E-state index is -0.213. The number of anilines is 1. The third-order valence-corrected chi connectivity index (χ3v) is 7.10. The van der Waals surface area contributed by atoms with Gasteiger partial charge in [0, 0.05) is 54.8 Å². The van der Waals surface area contributed by atoms with Gasteiger partial charge in [-0.25, -0.2) is 4.98 Å². The lowest BCUT2D eigenvalue weighted by Gasteiger charge is -2.35. The van der Waals surface area contributed by atoms with E-state index >= 15 is 0 Å². The number of amides is 2. The molecule has 0 unspecified atom stereocenters. The van der Waals surface area contributed by atoms with Gasteiger partial charge < -0.3 is 15.1 Å². The normalized spacial score (nSPS) is 15.5. The van der Waals surface area contributed by atoms with Gasteiger partial charge in [-0.3, -0.25) is 19.0 Å². The molecule has 192 valence electrons. The molecule has 1 aliphatic carbocycles. The summed E-state index contributed by atoms with van der Waals surface area (Å²) in [5.41, 5.74) is 2.93. The van der Waals surface area contributed by atoms with Crippen molar-refractivity contribution in [2.24, 2.45) is 0 Å². The minimum Gasteiger partial charge on any atom is -0.349 e. The fourth-order valence-corrected chi connectivity index (χ4v) is 4.77. The van der Waals surface area contributed by atoms with Gasteiger partial charge in [0.1, 0.15) is 0 Å². The van der Waals surface area contributed by atoms with Crippen LogP contribution in [0.5, 0.6) is 0 Å². The lowest BCUT2D eigenvalue weighted by atomic mass is 10.1. The number of rotatable bonds is 5. The first-order chi connectivity index (χ1) is 18.5. The van der Waals surface area contributed by atoms with Crippen LogP contribution in [0.2, 0.25) is 0 Å². The second-order valence-electron chi connectivity index (χ2n) is 9.79. The Balaban J connectivity index is 1.27. The maximum Gasteiger partial charge on any atom is 0.256 e. The summed E-state index contributed by atoms with van der Waals surface area (Å²) < 4.78 is 1.56.